The van der Waals surface area contributed by atoms with E-state index in [1.54, 1.807) is 18.2 Å². The van der Waals surface area contributed by atoms with Crippen molar-refractivity contribution in [2.75, 3.05) is 13.2 Å². The second kappa shape index (κ2) is 8.39. The number of carbonyl (C=O) groups is 2. The molecular formula is C23H21FN2O3. The van der Waals surface area contributed by atoms with Gasteiger partial charge in [-0.25, -0.2) is 9.18 Å². The minimum absolute atomic E-state index is 0.269. The molecule has 1 aliphatic rings. The van der Waals surface area contributed by atoms with E-state index in [1.807, 2.05) is 24.3 Å². The largest absolute Gasteiger partial charge is 0.452 e. The van der Waals surface area contributed by atoms with Crippen LogP contribution in [0.25, 0.3) is 10.9 Å². The van der Waals surface area contributed by atoms with Crippen molar-refractivity contribution in [2.45, 2.75) is 25.7 Å². The smallest absolute Gasteiger partial charge is 0.339 e. The fourth-order valence-electron chi connectivity index (χ4n) is 3.74. The van der Waals surface area contributed by atoms with Gasteiger partial charge in [-0.15, -0.1) is 0 Å². The van der Waals surface area contributed by atoms with Crippen LogP contribution in [0.3, 0.4) is 0 Å². The predicted molar refractivity (Wildman–Crippen MR) is 107 cm³/mol. The molecule has 0 unspecified atom stereocenters. The first-order valence-electron chi connectivity index (χ1n) is 9.71. The molecule has 3 aromatic rings. The van der Waals surface area contributed by atoms with Gasteiger partial charge < -0.3 is 10.1 Å². The van der Waals surface area contributed by atoms with Crippen molar-refractivity contribution in [2.24, 2.45) is 0 Å². The van der Waals surface area contributed by atoms with Gasteiger partial charge in [0.25, 0.3) is 5.91 Å². The van der Waals surface area contributed by atoms with Crippen LogP contribution >= 0.6 is 0 Å². The molecule has 1 N–H and O–H groups in total. The third kappa shape index (κ3) is 4.11. The van der Waals surface area contributed by atoms with Crippen molar-refractivity contribution in [3.05, 3.63) is 76.7 Å². The molecule has 0 saturated heterocycles. The molecule has 5 nitrogen and oxygen atoms in total. The minimum Gasteiger partial charge on any atom is -0.452 e. The monoisotopic (exact) mass is 392 g/mol. The Kier molecular flexibility index (Phi) is 5.51. The van der Waals surface area contributed by atoms with Crippen molar-refractivity contribution in [1.82, 2.24) is 10.3 Å². The van der Waals surface area contributed by atoms with Crippen LogP contribution in [-0.2, 0) is 28.8 Å². The van der Waals surface area contributed by atoms with Gasteiger partial charge in [0.15, 0.2) is 6.61 Å². The number of nitrogens with one attached hydrogen (secondary N) is 1. The molecule has 6 heteroatoms. The van der Waals surface area contributed by atoms with Crippen molar-refractivity contribution in [3.63, 3.8) is 0 Å². The number of aromatic nitrogens is 1. The lowest BCUT2D eigenvalue weighted by atomic mass is 10.0. The number of carbonyl (C=O) groups excluding carboxylic acids is 2. The van der Waals surface area contributed by atoms with Crippen LogP contribution in [0.2, 0.25) is 0 Å². The van der Waals surface area contributed by atoms with Gasteiger partial charge >= 0.3 is 5.97 Å². The van der Waals surface area contributed by atoms with Crippen molar-refractivity contribution < 1.29 is 18.7 Å². The summed E-state index contributed by atoms with van der Waals surface area (Å²) in [5.74, 6) is -1.22. The zero-order valence-corrected chi connectivity index (χ0v) is 15.9. The molecule has 29 heavy (non-hydrogen) atoms. The van der Waals surface area contributed by atoms with E-state index in [2.05, 4.69) is 10.3 Å². The first-order chi connectivity index (χ1) is 14.1. The number of pyridine rings is 1. The van der Waals surface area contributed by atoms with Gasteiger partial charge in [0.2, 0.25) is 0 Å². The number of para-hydroxylation sites is 1. The third-order valence-electron chi connectivity index (χ3n) is 5.13. The number of aryl methyl sites for hydroxylation is 1. The lowest BCUT2D eigenvalue weighted by molar-refractivity contribution is -0.124. The molecule has 0 radical (unpaired) electrons. The summed E-state index contributed by atoms with van der Waals surface area (Å²) in [7, 11) is 0. The van der Waals surface area contributed by atoms with Gasteiger partial charge in [0.1, 0.15) is 5.82 Å². The standard InChI is InChI=1S/C23H21FN2O3/c24-18-9-3-1-6-15(18)12-13-25-21(27)14-29-23(28)22-16-7-2-4-10-19(16)26-20-11-5-8-17(20)22/h1-4,6-7,9-10H,5,8,11-14H2,(H,25,27). The Labute approximate surface area is 167 Å². The number of fused-ring (bicyclic) bond motifs is 2. The number of hydrogen-bond acceptors (Lipinski definition) is 4. The Balaban J connectivity index is 1.39. The number of nitrogens with zero attached hydrogens (tertiary/aromatic N) is 1. The molecule has 148 valence electrons. The summed E-state index contributed by atoms with van der Waals surface area (Å²) in [6.45, 7) is -0.105. The predicted octanol–water partition coefficient (Wildman–Crippen LogP) is 3.38. The second-order valence-corrected chi connectivity index (χ2v) is 7.05. The van der Waals surface area contributed by atoms with Gasteiger partial charge in [0, 0.05) is 17.6 Å². The summed E-state index contributed by atoms with van der Waals surface area (Å²) in [6, 6.07) is 13.9. The van der Waals surface area contributed by atoms with Crippen LogP contribution in [0.15, 0.2) is 48.5 Å². The lowest BCUT2D eigenvalue weighted by Crippen LogP contribution is -2.30. The maximum Gasteiger partial charge on any atom is 0.339 e. The molecule has 1 amide bonds. The van der Waals surface area contributed by atoms with Gasteiger partial charge in [-0.1, -0.05) is 36.4 Å². The molecule has 1 heterocycles. The zero-order chi connectivity index (χ0) is 20.2. The molecule has 2 aromatic carbocycles. The van der Waals surface area contributed by atoms with Crippen molar-refractivity contribution in [1.29, 1.82) is 0 Å². The fraction of sp³-hybridized carbons (Fsp3) is 0.261. The SMILES string of the molecule is O=C(COC(=O)c1c2c(nc3ccccc13)CCC2)NCCc1ccccc1F. The van der Waals surface area contributed by atoms with Gasteiger partial charge in [0.05, 0.1) is 11.1 Å². The van der Waals surface area contributed by atoms with Crippen LogP contribution in [0.5, 0.6) is 0 Å². The lowest BCUT2D eigenvalue weighted by Gasteiger charge is -2.12. The number of esters is 1. The molecule has 0 fully saturated rings. The van der Waals surface area contributed by atoms with Gasteiger partial charge in [-0.3, -0.25) is 9.78 Å². The molecule has 0 aliphatic heterocycles. The van der Waals surface area contributed by atoms with Crippen LogP contribution < -0.4 is 5.32 Å². The summed E-state index contributed by atoms with van der Waals surface area (Å²) < 4.78 is 18.9. The highest BCUT2D eigenvalue weighted by Crippen LogP contribution is 2.30. The first kappa shape index (κ1) is 19.1. The van der Waals surface area contributed by atoms with E-state index in [9.17, 15) is 14.0 Å². The van der Waals surface area contributed by atoms with E-state index < -0.39 is 11.9 Å². The highest BCUT2D eigenvalue weighted by Gasteiger charge is 2.25. The average Bonchev–Trinajstić information content (AvgIpc) is 3.19. The molecule has 0 saturated carbocycles. The number of hydrogen-bond donors (Lipinski definition) is 1. The molecule has 1 aromatic heterocycles. The Morgan fingerprint density at radius 1 is 1.07 bits per heavy atom. The van der Waals surface area contributed by atoms with E-state index in [0.29, 0.717) is 17.5 Å². The Morgan fingerprint density at radius 3 is 2.72 bits per heavy atom. The topological polar surface area (TPSA) is 68.3 Å². The molecular weight excluding hydrogens is 371 g/mol. The Bertz CT molecular complexity index is 1080. The summed E-state index contributed by atoms with van der Waals surface area (Å²) in [5.41, 5.74) is 3.67. The second-order valence-electron chi connectivity index (χ2n) is 7.05. The summed E-state index contributed by atoms with van der Waals surface area (Å²) in [5, 5.41) is 3.41. The summed E-state index contributed by atoms with van der Waals surface area (Å²) in [4.78, 5) is 29.5. The number of benzene rings is 2. The Morgan fingerprint density at radius 2 is 1.86 bits per heavy atom. The normalized spacial score (nSPS) is 12.6. The molecule has 4 rings (SSSR count). The summed E-state index contributed by atoms with van der Waals surface area (Å²) in [6.07, 6.45) is 2.95. The van der Waals surface area contributed by atoms with Crippen molar-refractivity contribution >= 4 is 22.8 Å². The van der Waals surface area contributed by atoms with E-state index >= 15 is 0 Å². The highest BCUT2D eigenvalue weighted by molar-refractivity contribution is 6.05. The molecule has 0 bridgehead atoms. The Hall–Kier alpha value is -3.28. The van der Waals surface area contributed by atoms with E-state index in [-0.39, 0.29) is 19.0 Å². The maximum absolute atomic E-state index is 13.6. The van der Waals surface area contributed by atoms with Crippen LogP contribution in [0.4, 0.5) is 4.39 Å². The quantitative estimate of drug-likeness (QED) is 0.653. The van der Waals surface area contributed by atoms with Gasteiger partial charge in [-0.2, -0.15) is 0 Å². The average molecular weight is 392 g/mol. The first-order valence-corrected chi connectivity index (χ1v) is 9.71. The van der Waals surface area contributed by atoms with E-state index in [1.165, 1.54) is 6.07 Å². The van der Waals surface area contributed by atoms with Crippen LogP contribution in [0.1, 0.15) is 33.6 Å². The molecule has 0 spiro atoms. The number of ether oxygens (including phenoxy) is 1. The fourth-order valence-corrected chi connectivity index (χ4v) is 3.74. The highest BCUT2D eigenvalue weighted by atomic mass is 19.1. The zero-order valence-electron chi connectivity index (χ0n) is 15.9. The van der Waals surface area contributed by atoms with Crippen LogP contribution in [-0.4, -0.2) is 30.0 Å². The van der Waals surface area contributed by atoms with E-state index in [4.69, 9.17) is 4.74 Å². The van der Waals surface area contributed by atoms with Crippen molar-refractivity contribution in [3.8, 4) is 0 Å². The third-order valence-corrected chi connectivity index (χ3v) is 5.13. The van der Waals surface area contributed by atoms with Crippen LogP contribution in [0, 0.1) is 5.82 Å². The minimum atomic E-state index is -0.508. The number of amides is 1. The molecule has 0 atom stereocenters. The van der Waals surface area contributed by atoms with Gasteiger partial charge in [-0.05, 0) is 48.9 Å². The molecule has 1 aliphatic carbocycles. The maximum atomic E-state index is 13.6. The number of halogens is 1. The number of rotatable bonds is 6. The van der Waals surface area contributed by atoms with E-state index in [0.717, 1.165) is 41.4 Å². The summed E-state index contributed by atoms with van der Waals surface area (Å²) >= 11 is 0.